The fourth-order valence-corrected chi connectivity index (χ4v) is 3.38. The quantitative estimate of drug-likeness (QED) is 0.820. The van der Waals surface area contributed by atoms with Crippen LogP contribution >= 0.6 is 0 Å². The Morgan fingerprint density at radius 3 is 2.50 bits per heavy atom. The molecule has 2 aliphatic rings. The van der Waals surface area contributed by atoms with Crippen molar-refractivity contribution in [3.05, 3.63) is 42.2 Å². The van der Waals surface area contributed by atoms with Crippen LogP contribution in [0.1, 0.15) is 5.56 Å². The normalized spacial score (nSPS) is 17.8. The molecule has 0 atom stereocenters. The van der Waals surface area contributed by atoms with Gasteiger partial charge in [0.15, 0.2) is 0 Å². The number of aromatic nitrogens is 2. The first-order valence-corrected chi connectivity index (χ1v) is 7.89. The van der Waals surface area contributed by atoms with Crippen molar-refractivity contribution in [2.75, 3.05) is 36.0 Å². The molecule has 0 unspecified atom stereocenters. The lowest BCUT2D eigenvalue weighted by atomic mass is 9.63. The highest BCUT2D eigenvalue weighted by atomic mass is 16.2. The van der Waals surface area contributed by atoms with Crippen molar-refractivity contribution in [2.45, 2.75) is 12.7 Å². The topological polar surface area (TPSA) is 52.5 Å². The average molecular weight is 294 g/mol. The maximum Gasteiger partial charge on any atom is 0.324 e. The van der Waals surface area contributed by atoms with Crippen LogP contribution < -0.4 is 15.3 Å². The number of hydrogen-bond acceptors (Lipinski definition) is 5. The van der Waals surface area contributed by atoms with Gasteiger partial charge >= 0.3 is 6.92 Å². The summed E-state index contributed by atoms with van der Waals surface area (Å²) in [5.41, 5.74) is 3.63. The highest BCUT2D eigenvalue weighted by molar-refractivity contribution is 6.68. The summed E-state index contributed by atoms with van der Waals surface area (Å²) in [6.45, 7) is 3.46. The molecule has 2 aliphatic heterocycles. The Hall–Kier alpha value is -2.08. The number of aryl methyl sites for hydroxylation is 1. The third-order valence-corrected chi connectivity index (χ3v) is 4.66. The van der Waals surface area contributed by atoms with Gasteiger partial charge in [-0.25, -0.2) is 9.97 Å². The SMILES string of the molecule is OB1CCc2ccc(N3CCN(c4ncccn4)CC3)cc21. The van der Waals surface area contributed by atoms with Crippen LogP contribution in [0, 0.1) is 0 Å². The lowest BCUT2D eigenvalue weighted by Gasteiger charge is -2.36. The van der Waals surface area contributed by atoms with Crippen molar-refractivity contribution in [3.63, 3.8) is 0 Å². The van der Waals surface area contributed by atoms with E-state index in [4.69, 9.17) is 0 Å². The van der Waals surface area contributed by atoms with E-state index in [0.717, 1.165) is 50.3 Å². The van der Waals surface area contributed by atoms with Crippen molar-refractivity contribution < 1.29 is 5.02 Å². The summed E-state index contributed by atoms with van der Waals surface area (Å²) in [4.78, 5) is 13.2. The van der Waals surface area contributed by atoms with Crippen molar-refractivity contribution in [2.24, 2.45) is 0 Å². The fourth-order valence-electron chi connectivity index (χ4n) is 3.38. The molecule has 0 radical (unpaired) electrons. The van der Waals surface area contributed by atoms with Gasteiger partial charge in [-0.05, 0) is 36.4 Å². The summed E-state index contributed by atoms with van der Waals surface area (Å²) in [5, 5.41) is 10.1. The van der Waals surface area contributed by atoms with Gasteiger partial charge in [0, 0.05) is 44.3 Å². The van der Waals surface area contributed by atoms with Gasteiger partial charge in [0.05, 0.1) is 0 Å². The molecule has 112 valence electrons. The Labute approximate surface area is 130 Å². The number of fused-ring (bicyclic) bond motifs is 1. The van der Waals surface area contributed by atoms with Gasteiger partial charge in [0.2, 0.25) is 5.95 Å². The van der Waals surface area contributed by atoms with Gasteiger partial charge in [-0.1, -0.05) is 11.6 Å². The lowest BCUT2D eigenvalue weighted by molar-refractivity contribution is 0.587. The van der Waals surface area contributed by atoms with Crippen molar-refractivity contribution in [1.29, 1.82) is 0 Å². The van der Waals surface area contributed by atoms with Crippen molar-refractivity contribution in [3.8, 4) is 0 Å². The van der Waals surface area contributed by atoms with E-state index < -0.39 is 0 Å². The van der Waals surface area contributed by atoms with Gasteiger partial charge < -0.3 is 14.8 Å². The van der Waals surface area contributed by atoms with Gasteiger partial charge in [0.1, 0.15) is 0 Å². The lowest BCUT2D eigenvalue weighted by Crippen LogP contribution is -2.47. The Bertz CT molecular complexity index is 658. The number of piperazine rings is 1. The Morgan fingerprint density at radius 2 is 1.73 bits per heavy atom. The van der Waals surface area contributed by atoms with Crippen LogP contribution in [0.5, 0.6) is 0 Å². The van der Waals surface area contributed by atoms with Gasteiger partial charge in [-0.15, -0.1) is 0 Å². The van der Waals surface area contributed by atoms with Crippen molar-refractivity contribution in [1.82, 2.24) is 9.97 Å². The van der Waals surface area contributed by atoms with Crippen LogP contribution in [0.3, 0.4) is 0 Å². The molecule has 4 rings (SSSR count). The number of nitrogens with zero attached hydrogens (tertiary/aromatic N) is 4. The molecule has 1 N–H and O–H groups in total. The summed E-state index contributed by atoms with van der Waals surface area (Å²) in [6, 6.07) is 8.37. The van der Waals surface area contributed by atoms with E-state index in [0.29, 0.717) is 0 Å². The van der Waals surface area contributed by atoms with E-state index in [-0.39, 0.29) is 6.92 Å². The third-order valence-electron chi connectivity index (χ3n) is 4.66. The first-order chi connectivity index (χ1) is 10.8. The number of benzene rings is 1. The monoisotopic (exact) mass is 294 g/mol. The molecule has 1 aromatic heterocycles. The zero-order valence-electron chi connectivity index (χ0n) is 12.5. The Kier molecular flexibility index (Phi) is 3.46. The predicted octanol–water partition coefficient (Wildman–Crippen LogP) is 0.550. The van der Waals surface area contributed by atoms with Crippen molar-refractivity contribution >= 4 is 24.0 Å². The molecular weight excluding hydrogens is 275 g/mol. The molecule has 6 heteroatoms. The Balaban J connectivity index is 1.47. The Morgan fingerprint density at radius 1 is 1.00 bits per heavy atom. The van der Waals surface area contributed by atoms with Gasteiger partial charge in [-0.2, -0.15) is 0 Å². The van der Waals surface area contributed by atoms with Crippen LogP contribution in [-0.4, -0.2) is 48.1 Å². The summed E-state index contributed by atoms with van der Waals surface area (Å²) in [5.74, 6) is 0.812. The van der Waals surface area contributed by atoms with Gasteiger partial charge in [0.25, 0.3) is 0 Å². The summed E-state index contributed by atoms with van der Waals surface area (Å²) in [6.07, 6.45) is 5.43. The van der Waals surface area contributed by atoms with E-state index >= 15 is 0 Å². The maximum atomic E-state index is 10.1. The molecule has 3 heterocycles. The maximum absolute atomic E-state index is 10.1. The minimum Gasteiger partial charge on any atom is -0.446 e. The minimum atomic E-state index is -0.283. The minimum absolute atomic E-state index is 0.283. The number of anilines is 2. The van der Waals surface area contributed by atoms with E-state index in [9.17, 15) is 5.02 Å². The fraction of sp³-hybridized carbons (Fsp3) is 0.375. The second-order valence-corrected chi connectivity index (χ2v) is 5.96. The molecule has 5 nitrogen and oxygen atoms in total. The van der Waals surface area contributed by atoms with Gasteiger partial charge in [-0.3, -0.25) is 0 Å². The summed E-state index contributed by atoms with van der Waals surface area (Å²) in [7, 11) is 0. The second kappa shape index (κ2) is 5.61. The number of hydrogen-bond donors (Lipinski definition) is 1. The third kappa shape index (κ3) is 2.43. The second-order valence-electron chi connectivity index (χ2n) is 5.96. The molecule has 0 spiro atoms. The largest absolute Gasteiger partial charge is 0.446 e. The molecule has 0 bridgehead atoms. The van der Waals surface area contributed by atoms with E-state index in [1.54, 1.807) is 12.4 Å². The molecule has 1 saturated heterocycles. The highest BCUT2D eigenvalue weighted by Crippen LogP contribution is 2.21. The molecule has 1 aromatic carbocycles. The van der Waals surface area contributed by atoms with Crippen LogP contribution in [0.25, 0.3) is 0 Å². The molecular formula is C16H19BN4O. The van der Waals surface area contributed by atoms with Crippen LogP contribution in [0.15, 0.2) is 36.7 Å². The summed E-state index contributed by atoms with van der Waals surface area (Å²) >= 11 is 0. The first-order valence-electron chi connectivity index (χ1n) is 7.89. The molecule has 2 aromatic rings. The molecule has 0 amide bonds. The van der Waals surface area contributed by atoms with E-state index in [1.807, 2.05) is 6.07 Å². The van der Waals surface area contributed by atoms with E-state index in [2.05, 4.69) is 38.0 Å². The van der Waals surface area contributed by atoms with Crippen LogP contribution in [0.2, 0.25) is 6.32 Å². The summed E-state index contributed by atoms with van der Waals surface area (Å²) < 4.78 is 0. The molecule has 0 aliphatic carbocycles. The standard InChI is InChI=1S/C16H19BN4O/c22-17-5-4-13-2-3-14(12-15(13)17)20-8-10-21(11-9-20)16-18-6-1-7-19-16/h1-3,6-7,12,22H,4-5,8-11H2. The molecule has 0 saturated carbocycles. The number of rotatable bonds is 2. The molecule has 22 heavy (non-hydrogen) atoms. The smallest absolute Gasteiger partial charge is 0.324 e. The van der Waals surface area contributed by atoms with Crippen LogP contribution in [-0.2, 0) is 6.42 Å². The first kappa shape index (κ1) is 13.6. The zero-order chi connectivity index (χ0) is 14.9. The van der Waals surface area contributed by atoms with E-state index in [1.165, 1.54) is 11.3 Å². The molecule has 1 fully saturated rings. The average Bonchev–Trinajstić information content (AvgIpc) is 2.96. The highest BCUT2D eigenvalue weighted by Gasteiger charge is 2.26. The van der Waals surface area contributed by atoms with Crippen LogP contribution in [0.4, 0.5) is 11.6 Å². The predicted molar refractivity (Wildman–Crippen MR) is 89.0 cm³/mol. The zero-order valence-corrected chi connectivity index (χ0v) is 12.5.